The number of carbonyl (C=O) groups excluding carboxylic acids is 1. The summed E-state index contributed by atoms with van der Waals surface area (Å²) in [5, 5.41) is 5.01. The van der Waals surface area contributed by atoms with Crippen LogP contribution in [0.15, 0.2) is 29.1 Å². The van der Waals surface area contributed by atoms with Crippen LogP contribution in [0.5, 0.6) is 0 Å². The third kappa shape index (κ3) is 3.12. The molecule has 2 aromatic rings. The second kappa shape index (κ2) is 5.84. The normalized spacial score (nSPS) is 10.3. The Morgan fingerprint density at radius 2 is 2.26 bits per heavy atom. The molecule has 1 heterocycles. The van der Waals surface area contributed by atoms with Crippen molar-refractivity contribution in [2.45, 2.75) is 13.5 Å². The molecule has 0 atom stereocenters. The Kier molecular flexibility index (Phi) is 4.16. The van der Waals surface area contributed by atoms with E-state index in [1.54, 1.807) is 17.5 Å². The first-order valence-corrected chi connectivity index (χ1v) is 6.97. The molecule has 0 unspecified atom stereocenters. The van der Waals surface area contributed by atoms with Gasteiger partial charge in [-0.25, -0.2) is 4.98 Å². The summed E-state index contributed by atoms with van der Waals surface area (Å²) in [7, 11) is 3.62. The number of hydrogen-bond acceptors (Lipinski definition) is 4. The maximum Gasteiger partial charge on any atom is 0.256 e. The molecule has 1 amide bonds. The number of aromatic nitrogens is 1. The summed E-state index contributed by atoms with van der Waals surface area (Å²) in [6.45, 7) is 2.51. The van der Waals surface area contributed by atoms with Crippen LogP contribution in [-0.4, -0.2) is 29.9 Å². The average molecular weight is 275 g/mol. The smallest absolute Gasteiger partial charge is 0.256 e. The molecular formula is C14H17N3OS. The molecule has 0 spiro atoms. The zero-order valence-corrected chi connectivity index (χ0v) is 12.1. The van der Waals surface area contributed by atoms with Gasteiger partial charge in [0.25, 0.3) is 5.91 Å². The highest BCUT2D eigenvalue weighted by Gasteiger charge is 2.16. The van der Waals surface area contributed by atoms with Gasteiger partial charge in [-0.05, 0) is 19.1 Å². The minimum Gasteiger partial charge on any atom is -0.387 e. The Labute approximate surface area is 117 Å². The molecular weight excluding hydrogens is 258 g/mol. The van der Waals surface area contributed by atoms with Crippen LogP contribution in [0.25, 0.3) is 0 Å². The number of hydrogen-bond donors (Lipinski definition) is 1. The van der Waals surface area contributed by atoms with Crippen molar-refractivity contribution < 1.29 is 4.79 Å². The fourth-order valence-electron chi connectivity index (χ4n) is 1.89. The highest BCUT2D eigenvalue weighted by Crippen LogP contribution is 2.19. The molecule has 2 rings (SSSR count). The predicted molar refractivity (Wildman–Crippen MR) is 78.6 cm³/mol. The van der Waals surface area contributed by atoms with Crippen molar-refractivity contribution in [3.63, 3.8) is 0 Å². The monoisotopic (exact) mass is 275 g/mol. The first-order chi connectivity index (χ1) is 9.11. The van der Waals surface area contributed by atoms with Gasteiger partial charge >= 0.3 is 0 Å². The van der Waals surface area contributed by atoms with E-state index in [4.69, 9.17) is 0 Å². The first kappa shape index (κ1) is 13.5. The average Bonchev–Trinajstić information content (AvgIpc) is 2.90. The number of nitrogens with zero attached hydrogens (tertiary/aromatic N) is 2. The molecule has 0 fully saturated rings. The van der Waals surface area contributed by atoms with E-state index in [0.29, 0.717) is 12.1 Å². The Balaban J connectivity index is 2.21. The molecule has 4 nitrogen and oxygen atoms in total. The van der Waals surface area contributed by atoms with Crippen LogP contribution >= 0.6 is 11.3 Å². The van der Waals surface area contributed by atoms with Gasteiger partial charge in [-0.2, -0.15) is 0 Å². The van der Waals surface area contributed by atoms with Crippen LogP contribution in [0.2, 0.25) is 0 Å². The van der Waals surface area contributed by atoms with E-state index in [9.17, 15) is 4.79 Å². The lowest BCUT2D eigenvalue weighted by Crippen LogP contribution is -2.27. The van der Waals surface area contributed by atoms with Crippen molar-refractivity contribution >= 4 is 22.9 Å². The van der Waals surface area contributed by atoms with Crippen molar-refractivity contribution in [3.8, 4) is 0 Å². The first-order valence-electron chi connectivity index (χ1n) is 6.02. The number of aryl methyl sites for hydroxylation is 1. The summed E-state index contributed by atoms with van der Waals surface area (Å²) in [5.74, 6) is 0.000972. The lowest BCUT2D eigenvalue weighted by molar-refractivity contribution is 0.0784. The molecule has 19 heavy (non-hydrogen) atoms. The fraction of sp³-hybridized carbons (Fsp3) is 0.286. The third-order valence-electron chi connectivity index (χ3n) is 2.90. The van der Waals surface area contributed by atoms with Gasteiger partial charge in [-0.1, -0.05) is 11.6 Å². The Morgan fingerprint density at radius 3 is 2.89 bits per heavy atom. The van der Waals surface area contributed by atoms with Gasteiger partial charge in [0, 0.05) is 25.2 Å². The van der Waals surface area contributed by atoms with Gasteiger partial charge in [-0.3, -0.25) is 4.79 Å². The Hall–Kier alpha value is -1.88. The molecule has 1 N–H and O–H groups in total. The number of nitrogens with one attached hydrogen (secondary N) is 1. The standard InChI is InChI=1S/C14H17N3OS/c1-10-4-5-13(15-2)12(6-10)14(18)17(3)7-11-8-19-9-16-11/h4-6,8-9,15H,7H2,1-3H3. The largest absolute Gasteiger partial charge is 0.387 e. The lowest BCUT2D eigenvalue weighted by atomic mass is 10.1. The van der Waals surface area contributed by atoms with Crippen molar-refractivity contribution in [1.29, 1.82) is 0 Å². The summed E-state index contributed by atoms with van der Waals surface area (Å²) in [5.41, 5.74) is 5.31. The molecule has 5 heteroatoms. The Morgan fingerprint density at radius 1 is 1.47 bits per heavy atom. The molecule has 0 saturated heterocycles. The SMILES string of the molecule is CNc1ccc(C)cc1C(=O)N(C)Cc1cscn1. The molecule has 0 aliphatic heterocycles. The van der Waals surface area contributed by atoms with E-state index in [1.807, 2.05) is 37.6 Å². The van der Waals surface area contributed by atoms with Gasteiger partial charge in [0.05, 0.1) is 23.3 Å². The minimum absolute atomic E-state index is 0.000972. The summed E-state index contributed by atoms with van der Waals surface area (Å²) in [6, 6.07) is 5.83. The van der Waals surface area contributed by atoms with Crippen LogP contribution in [0.4, 0.5) is 5.69 Å². The molecule has 0 aliphatic carbocycles. The third-order valence-corrected chi connectivity index (χ3v) is 3.54. The van der Waals surface area contributed by atoms with E-state index in [1.165, 1.54) is 11.3 Å². The topological polar surface area (TPSA) is 45.2 Å². The van der Waals surface area contributed by atoms with E-state index < -0.39 is 0 Å². The van der Waals surface area contributed by atoms with Crippen LogP contribution in [0.3, 0.4) is 0 Å². The zero-order chi connectivity index (χ0) is 13.8. The second-order valence-corrected chi connectivity index (χ2v) is 5.16. The maximum atomic E-state index is 12.5. The summed E-state index contributed by atoms with van der Waals surface area (Å²) < 4.78 is 0. The van der Waals surface area contributed by atoms with Crippen molar-refractivity contribution in [2.75, 3.05) is 19.4 Å². The van der Waals surface area contributed by atoms with E-state index in [0.717, 1.165) is 16.9 Å². The van der Waals surface area contributed by atoms with E-state index in [-0.39, 0.29) is 5.91 Å². The van der Waals surface area contributed by atoms with Crippen LogP contribution in [0.1, 0.15) is 21.6 Å². The lowest BCUT2D eigenvalue weighted by Gasteiger charge is -2.18. The molecule has 0 bridgehead atoms. The van der Waals surface area contributed by atoms with Crippen LogP contribution in [-0.2, 0) is 6.54 Å². The van der Waals surface area contributed by atoms with Gasteiger partial charge in [-0.15, -0.1) is 11.3 Å². The minimum atomic E-state index is 0.000972. The second-order valence-electron chi connectivity index (χ2n) is 4.44. The summed E-state index contributed by atoms with van der Waals surface area (Å²) in [4.78, 5) is 18.4. The highest BCUT2D eigenvalue weighted by atomic mass is 32.1. The van der Waals surface area contributed by atoms with Crippen molar-refractivity contribution in [1.82, 2.24) is 9.88 Å². The molecule has 100 valence electrons. The number of benzene rings is 1. The van der Waals surface area contributed by atoms with Gasteiger partial charge < -0.3 is 10.2 Å². The van der Waals surface area contributed by atoms with Gasteiger partial charge in [0.15, 0.2) is 0 Å². The Bertz CT molecular complexity index is 566. The fourth-order valence-corrected chi connectivity index (χ4v) is 2.44. The number of anilines is 1. The quantitative estimate of drug-likeness (QED) is 0.933. The molecule has 0 radical (unpaired) electrons. The van der Waals surface area contributed by atoms with Crippen LogP contribution < -0.4 is 5.32 Å². The molecule has 0 saturated carbocycles. The van der Waals surface area contributed by atoms with E-state index in [2.05, 4.69) is 10.3 Å². The zero-order valence-electron chi connectivity index (χ0n) is 11.3. The number of rotatable bonds is 4. The number of carbonyl (C=O) groups is 1. The molecule has 0 aliphatic rings. The van der Waals surface area contributed by atoms with Crippen LogP contribution in [0, 0.1) is 6.92 Å². The van der Waals surface area contributed by atoms with Gasteiger partial charge in [0.1, 0.15) is 0 Å². The van der Waals surface area contributed by atoms with E-state index >= 15 is 0 Å². The molecule has 1 aromatic carbocycles. The van der Waals surface area contributed by atoms with Crippen molar-refractivity contribution in [2.24, 2.45) is 0 Å². The summed E-state index contributed by atoms with van der Waals surface area (Å²) in [6.07, 6.45) is 0. The molecule has 1 aromatic heterocycles. The maximum absolute atomic E-state index is 12.5. The van der Waals surface area contributed by atoms with Crippen molar-refractivity contribution in [3.05, 3.63) is 45.9 Å². The summed E-state index contributed by atoms with van der Waals surface area (Å²) >= 11 is 1.54. The van der Waals surface area contributed by atoms with Gasteiger partial charge in [0.2, 0.25) is 0 Å². The number of amides is 1. The predicted octanol–water partition coefficient (Wildman–Crippen LogP) is 2.77. The highest BCUT2D eigenvalue weighted by molar-refractivity contribution is 7.07. The number of thiazole rings is 1.